The van der Waals surface area contributed by atoms with Crippen LogP contribution in [0, 0.1) is 0 Å². The fraction of sp³-hybridized carbons (Fsp3) is 0.333. The van der Waals surface area contributed by atoms with Crippen molar-refractivity contribution in [1.82, 2.24) is 0 Å². The highest BCUT2D eigenvalue weighted by molar-refractivity contribution is 5.31. The largest absolute Gasteiger partial charge is 0.508 e. The lowest BCUT2D eigenvalue weighted by atomic mass is 10.1. The quantitative estimate of drug-likeness (QED) is 0.539. The van der Waals surface area contributed by atoms with Gasteiger partial charge in [-0.05, 0) is 37.3 Å². The Morgan fingerprint density at radius 1 is 1.23 bits per heavy atom. The molecule has 0 aliphatic carbocycles. The minimum atomic E-state index is 0.418. The van der Waals surface area contributed by atoms with Gasteiger partial charge in [0.2, 0.25) is 0 Å². The number of rotatable bonds is 5. The number of hydrogen-bond acceptors (Lipinski definition) is 1. The number of phenolic OH excluding ortho intramolecular Hbond substituents is 1. The topological polar surface area (TPSA) is 20.2 Å². The van der Waals surface area contributed by atoms with Crippen molar-refractivity contribution in [2.75, 3.05) is 0 Å². The lowest BCUT2D eigenvalue weighted by Crippen LogP contribution is -1.85. The van der Waals surface area contributed by atoms with Gasteiger partial charge in [-0.2, -0.15) is 0 Å². The first-order valence-electron chi connectivity index (χ1n) is 4.72. The Hall–Kier alpha value is -1.24. The molecule has 0 radical (unpaired) electrons. The average molecular weight is 176 g/mol. The van der Waals surface area contributed by atoms with Gasteiger partial charge in [0.15, 0.2) is 0 Å². The second-order valence-corrected chi connectivity index (χ2v) is 3.16. The molecule has 0 heterocycles. The van der Waals surface area contributed by atoms with Gasteiger partial charge in [-0.3, -0.25) is 0 Å². The van der Waals surface area contributed by atoms with Gasteiger partial charge in [0.05, 0.1) is 0 Å². The first kappa shape index (κ1) is 9.85. The van der Waals surface area contributed by atoms with Crippen molar-refractivity contribution < 1.29 is 5.11 Å². The van der Waals surface area contributed by atoms with Crippen LogP contribution in [-0.2, 0) is 6.42 Å². The first-order chi connectivity index (χ1) is 6.34. The Balaban J connectivity index is 2.36. The molecule has 1 aromatic carbocycles. The van der Waals surface area contributed by atoms with Crippen LogP contribution >= 0.6 is 0 Å². The second-order valence-electron chi connectivity index (χ2n) is 3.16. The summed E-state index contributed by atoms with van der Waals surface area (Å²) in [4.78, 5) is 0. The molecule has 0 spiro atoms. The summed E-state index contributed by atoms with van der Waals surface area (Å²) in [5.74, 6) is 0.418. The smallest absolute Gasteiger partial charge is 0.118 e. The fourth-order valence-corrected chi connectivity index (χ4v) is 1.33. The van der Waals surface area contributed by atoms with E-state index in [1.807, 2.05) is 24.3 Å². The Morgan fingerprint density at radius 3 is 2.69 bits per heavy atom. The first-order valence-corrected chi connectivity index (χ1v) is 4.72. The van der Waals surface area contributed by atoms with Crippen molar-refractivity contribution in [3.63, 3.8) is 0 Å². The van der Waals surface area contributed by atoms with Gasteiger partial charge >= 0.3 is 0 Å². The number of aryl methyl sites for hydroxylation is 1. The lowest BCUT2D eigenvalue weighted by molar-refractivity contribution is 0.466. The van der Waals surface area contributed by atoms with Crippen molar-refractivity contribution in [3.05, 3.63) is 42.5 Å². The highest BCUT2D eigenvalue weighted by Gasteiger charge is 1.97. The molecule has 1 nitrogen and oxygen atoms in total. The molecule has 13 heavy (non-hydrogen) atoms. The molecule has 1 aromatic rings. The molecule has 0 fully saturated rings. The van der Waals surface area contributed by atoms with Gasteiger partial charge in [0.1, 0.15) is 5.75 Å². The van der Waals surface area contributed by atoms with Crippen LogP contribution in [0.2, 0.25) is 0 Å². The minimum absolute atomic E-state index is 0.418. The highest BCUT2D eigenvalue weighted by atomic mass is 16.3. The molecule has 1 heteroatoms. The van der Waals surface area contributed by atoms with Crippen molar-refractivity contribution in [2.24, 2.45) is 0 Å². The van der Waals surface area contributed by atoms with E-state index >= 15 is 0 Å². The van der Waals surface area contributed by atoms with E-state index in [2.05, 4.69) is 6.58 Å². The normalized spacial score (nSPS) is 9.85. The number of para-hydroxylation sites is 1. The molecule has 0 aromatic heterocycles. The van der Waals surface area contributed by atoms with Gasteiger partial charge in [-0.25, -0.2) is 0 Å². The third-order valence-electron chi connectivity index (χ3n) is 2.10. The summed E-state index contributed by atoms with van der Waals surface area (Å²) in [6, 6.07) is 7.53. The van der Waals surface area contributed by atoms with Gasteiger partial charge in [0.25, 0.3) is 0 Å². The van der Waals surface area contributed by atoms with Gasteiger partial charge in [0, 0.05) is 0 Å². The van der Waals surface area contributed by atoms with Crippen LogP contribution in [0.1, 0.15) is 24.8 Å². The Morgan fingerprint density at radius 2 is 2.00 bits per heavy atom. The molecule has 0 saturated carbocycles. The number of hydrogen-bond donors (Lipinski definition) is 1. The van der Waals surface area contributed by atoms with Crippen LogP contribution in [0.5, 0.6) is 5.75 Å². The molecular weight excluding hydrogens is 160 g/mol. The van der Waals surface area contributed by atoms with Crippen molar-refractivity contribution in [1.29, 1.82) is 0 Å². The van der Waals surface area contributed by atoms with Crippen LogP contribution in [-0.4, -0.2) is 5.11 Å². The fourth-order valence-electron chi connectivity index (χ4n) is 1.33. The molecular formula is C12H16O. The van der Waals surface area contributed by atoms with Crippen LogP contribution in [0.15, 0.2) is 36.9 Å². The van der Waals surface area contributed by atoms with E-state index in [0.29, 0.717) is 5.75 Å². The summed E-state index contributed by atoms with van der Waals surface area (Å²) in [6.07, 6.45) is 6.22. The third-order valence-corrected chi connectivity index (χ3v) is 2.10. The lowest BCUT2D eigenvalue weighted by Gasteiger charge is -2.02. The standard InChI is InChI=1S/C12H16O/c1-2-3-4-5-8-11-9-6-7-10-12(11)13/h2,6-7,9-10,13H,1,3-5,8H2. The third kappa shape index (κ3) is 3.32. The molecule has 0 aliphatic rings. The zero-order valence-electron chi connectivity index (χ0n) is 7.87. The number of allylic oxidation sites excluding steroid dienone is 1. The number of unbranched alkanes of at least 4 members (excludes halogenated alkanes) is 2. The molecule has 0 atom stereocenters. The summed E-state index contributed by atoms with van der Waals surface area (Å²) >= 11 is 0. The highest BCUT2D eigenvalue weighted by Crippen LogP contribution is 2.18. The van der Waals surface area contributed by atoms with E-state index in [9.17, 15) is 5.11 Å². The monoisotopic (exact) mass is 176 g/mol. The molecule has 0 saturated heterocycles. The summed E-state index contributed by atoms with van der Waals surface area (Å²) in [5.41, 5.74) is 1.05. The van der Waals surface area contributed by atoms with E-state index in [-0.39, 0.29) is 0 Å². The van der Waals surface area contributed by atoms with Crippen molar-refractivity contribution in [3.8, 4) is 5.75 Å². The molecule has 1 N–H and O–H groups in total. The molecule has 0 amide bonds. The summed E-state index contributed by atoms with van der Waals surface area (Å²) < 4.78 is 0. The van der Waals surface area contributed by atoms with E-state index in [4.69, 9.17) is 0 Å². The molecule has 0 unspecified atom stereocenters. The molecule has 0 aliphatic heterocycles. The predicted molar refractivity (Wildman–Crippen MR) is 55.9 cm³/mol. The van der Waals surface area contributed by atoms with Crippen LogP contribution in [0.4, 0.5) is 0 Å². The summed E-state index contributed by atoms with van der Waals surface area (Å²) in [6.45, 7) is 3.67. The SMILES string of the molecule is C=CCCCCc1ccccc1O. The molecule has 0 bridgehead atoms. The predicted octanol–water partition coefficient (Wildman–Crippen LogP) is 3.29. The van der Waals surface area contributed by atoms with E-state index < -0.39 is 0 Å². The van der Waals surface area contributed by atoms with E-state index in [0.717, 1.165) is 31.2 Å². The summed E-state index contributed by atoms with van der Waals surface area (Å²) in [7, 11) is 0. The zero-order valence-corrected chi connectivity index (χ0v) is 7.87. The summed E-state index contributed by atoms with van der Waals surface area (Å²) in [5, 5.41) is 9.45. The van der Waals surface area contributed by atoms with Gasteiger partial charge < -0.3 is 5.11 Å². The van der Waals surface area contributed by atoms with Crippen LogP contribution in [0.3, 0.4) is 0 Å². The second kappa shape index (κ2) is 5.41. The average Bonchev–Trinajstić information content (AvgIpc) is 2.15. The number of aromatic hydroxyl groups is 1. The van der Waals surface area contributed by atoms with Crippen LogP contribution in [0.25, 0.3) is 0 Å². The Kier molecular flexibility index (Phi) is 4.10. The maximum Gasteiger partial charge on any atom is 0.118 e. The Bertz CT molecular complexity index is 266. The van der Waals surface area contributed by atoms with Crippen molar-refractivity contribution >= 4 is 0 Å². The minimum Gasteiger partial charge on any atom is -0.508 e. The number of benzene rings is 1. The number of phenols is 1. The maximum absolute atomic E-state index is 9.45. The van der Waals surface area contributed by atoms with Gasteiger partial charge in [-0.1, -0.05) is 24.3 Å². The molecule has 70 valence electrons. The van der Waals surface area contributed by atoms with Gasteiger partial charge in [-0.15, -0.1) is 6.58 Å². The van der Waals surface area contributed by atoms with Crippen molar-refractivity contribution in [2.45, 2.75) is 25.7 Å². The van der Waals surface area contributed by atoms with E-state index in [1.54, 1.807) is 6.07 Å². The van der Waals surface area contributed by atoms with Crippen LogP contribution < -0.4 is 0 Å². The van der Waals surface area contributed by atoms with E-state index in [1.165, 1.54) is 0 Å². The maximum atomic E-state index is 9.45. The zero-order chi connectivity index (χ0) is 9.52. The molecule has 1 rings (SSSR count). The Labute approximate surface area is 79.7 Å².